The maximum Gasteiger partial charge on any atom is 0.289 e. The number of carbonyl (C=O) groups is 1. The molecule has 0 saturated heterocycles. The second-order valence-electron chi connectivity index (χ2n) is 6.48. The average molecular weight is 387 g/mol. The number of benzene rings is 2. The van der Waals surface area contributed by atoms with Crippen molar-refractivity contribution in [2.45, 2.75) is 12.8 Å². The standard InChI is InChI=1S/C21H17N5O3/c27-21(25-22-13-5-8-15-7-2-4-10-18(15)26(28)29)20-17-12-11-14-6-1-3-9-16(14)19(17)23-24-20/h1-10,13H,11-12H2,(H,23,24)(H,25,27)/b8-5-,22-13+. The number of allylic oxidation sites excluding steroid dienone is 1. The third kappa shape index (κ3) is 3.68. The summed E-state index contributed by atoms with van der Waals surface area (Å²) >= 11 is 0. The third-order valence-electron chi connectivity index (χ3n) is 4.75. The summed E-state index contributed by atoms with van der Waals surface area (Å²) < 4.78 is 0. The van der Waals surface area contributed by atoms with E-state index in [2.05, 4.69) is 26.8 Å². The van der Waals surface area contributed by atoms with Crippen molar-refractivity contribution in [3.63, 3.8) is 0 Å². The summed E-state index contributed by atoms with van der Waals surface area (Å²) in [5, 5.41) is 22.0. The zero-order valence-electron chi connectivity index (χ0n) is 15.3. The van der Waals surface area contributed by atoms with Crippen LogP contribution in [0.1, 0.15) is 27.2 Å². The molecule has 0 spiro atoms. The number of H-pyrrole nitrogens is 1. The van der Waals surface area contributed by atoms with Gasteiger partial charge in [-0.2, -0.15) is 10.2 Å². The van der Waals surface area contributed by atoms with Crippen LogP contribution in [0.5, 0.6) is 0 Å². The summed E-state index contributed by atoms with van der Waals surface area (Å²) in [4.78, 5) is 23.0. The molecule has 0 saturated carbocycles. The molecule has 0 bridgehead atoms. The van der Waals surface area contributed by atoms with Crippen molar-refractivity contribution in [3.05, 3.63) is 87.1 Å². The summed E-state index contributed by atoms with van der Waals surface area (Å²) in [7, 11) is 0. The molecule has 1 heterocycles. The van der Waals surface area contributed by atoms with E-state index in [9.17, 15) is 14.9 Å². The molecule has 1 aliphatic rings. The summed E-state index contributed by atoms with van der Waals surface area (Å²) in [5.41, 5.74) is 7.26. The molecule has 3 aromatic rings. The first-order chi connectivity index (χ1) is 14.1. The Hall–Kier alpha value is -4.07. The van der Waals surface area contributed by atoms with Crippen molar-refractivity contribution in [1.82, 2.24) is 15.6 Å². The predicted octanol–water partition coefficient (Wildman–Crippen LogP) is 3.51. The number of rotatable bonds is 5. The lowest BCUT2D eigenvalue weighted by molar-refractivity contribution is -0.385. The quantitative estimate of drug-likeness (QED) is 0.396. The van der Waals surface area contributed by atoms with Gasteiger partial charge in [-0.05, 0) is 36.6 Å². The summed E-state index contributed by atoms with van der Waals surface area (Å²) in [6.07, 6.45) is 6.04. The molecule has 0 unspecified atom stereocenters. The highest BCUT2D eigenvalue weighted by Gasteiger charge is 2.24. The van der Waals surface area contributed by atoms with Gasteiger partial charge in [-0.15, -0.1) is 0 Å². The van der Waals surface area contributed by atoms with E-state index in [1.54, 1.807) is 24.3 Å². The number of amides is 1. The number of aromatic amines is 1. The minimum atomic E-state index is -0.446. The number of carbonyl (C=O) groups excluding carboxylic acids is 1. The van der Waals surface area contributed by atoms with Crippen molar-refractivity contribution >= 4 is 23.9 Å². The van der Waals surface area contributed by atoms with Gasteiger partial charge >= 0.3 is 0 Å². The molecule has 0 radical (unpaired) electrons. The number of nitrogens with zero attached hydrogens (tertiary/aromatic N) is 3. The van der Waals surface area contributed by atoms with E-state index < -0.39 is 4.92 Å². The van der Waals surface area contributed by atoms with Crippen LogP contribution in [-0.2, 0) is 12.8 Å². The highest BCUT2D eigenvalue weighted by Crippen LogP contribution is 2.33. The molecule has 2 aromatic carbocycles. The van der Waals surface area contributed by atoms with Crippen molar-refractivity contribution in [2.24, 2.45) is 5.10 Å². The molecule has 1 aliphatic carbocycles. The van der Waals surface area contributed by atoms with E-state index in [-0.39, 0.29) is 11.6 Å². The average Bonchev–Trinajstić information content (AvgIpc) is 3.18. The van der Waals surface area contributed by atoms with Crippen molar-refractivity contribution < 1.29 is 9.72 Å². The van der Waals surface area contributed by atoms with Crippen LogP contribution in [0.3, 0.4) is 0 Å². The highest BCUT2D eigenvalue weighted by molar-refractivity contribution is 5.96. The van der Waals surface area contributed by atoms with Gasteiger partial charge in [-0.25, -0.2) is 5.43 Å². The van der Waals surface area contributed by atoms with Crippen molar-refractivity contribution in [1.29, 1.82) is 0 Å². The van der Waals surface area contributed by atoms with Gasteiger partial charge in [-0.1, -0.05) is 36.4 Å². The van der Waals surface area contributed by atoms with Crippen molar-refractivity contribution in [3.8, 4) is 11.3 Å². The number of nitro groups is 1. The SMILES string of the molecule is O=C(N/N=C/C=C\c1ccccc1[N+](=O)[O-])c1[nH]nc2c1CCc1ccccc1-2. The van der Waals surface area contributed by atoms with E-state index in [1.807, 2.05) is 18.2 Å². The van der Waals surface area contributed by atoms with E-state index in [1.165, 1.54) is 23.9 Å². The van der Waals surface area contributed by atoms with Gasteiger partial charge in [0.15, 0.2) is 0 Å². The predicted molar refractivity (Wildman–Crippen MR) is 110 cm³/mol. The molecule has 0 aliphatic heterocycles. The van der Waals surface area contributed by atoms with Crippen LogP contribution in [0.2, 0.25) is 0 Å². The first-order valence-electron chi connectivity index (χ1n) is 9.04. The van der Waals surface area contributed by atoms with Crippen LogP contribution in [0.15, 0.2) is 59.7 Å². The fourth-order valence-corrected chi connectivity index (χ4v) is 3.38. The zero-order chi connectivity index (χ0) is 20.2. The number of para-hydroxylation sites is 1. The molecular weight excluding hydrogens is 370 g/mol. The van der Waals surface area contributed by atoms with E-state index >= 15 is 0 Å². The fourth-order valence-electron chi connectivity index (χ4n) is 3.38. The molecule has 8 nitrogen and oxygen atoms in total. The van der Waals surface area contributed by atoms with Gasteiger partial charge in [0.2, 0.25) is 0 Å². The topological polar surface area (TPSA) is 113 Å². The molecule has 4 rings (SSSR count). The van der Waals surface area contributed by atoms with E-state index in [0.29, 0.717) is 11.3 Å². The Morgan fingerprint density at radius 3 is 2.83 bits per heavy atom. The minimum absolute atomic E-state index is 0.00514. The lowest BCUT2D eigenvalue weighted by atomic mass is 9.89. The number of hydrogen-bond acceptors (Lipinski definition) is 5. The number of hydrogen-bond donors (Lipinski definition) is 2. The van der Waals surface area contributed by atoms with Crippen LogP contribution in [0.4, 0.5) is 5.69 Å². The largest absolute Gasteiger partial charge is 0.289 e. The summed E-state index contributed by atoms with van der Waals surface area (Å²) in [6, 6.07) is 14.4. The molecule has 1 amide bonds. The summed E-state index contributed by atoms with van der Waals surface area (Å²) in [6.45, 7) is 0. The number of nitro benzene ring substituents is 1. The normalized spacial score (nSPS) is 12.7. The van der Waals surface area contributed by atoms with Gasteiger partial charge in [0, 0.05) is 23.4 Å². The Morgan fingerprint density at radius 2 is 1.97 bits per heavy atom. The van der Waals surface area contributed by atoms with Crippen LogP contribution < -0.4 is 5.43 Å². The van der Waals surface area contributed by atoms with Crippen LogP contribution >= 0.6 is 0 Å². The van der Waals surface area contributed by atoms with Gasteiger partial charge in [0.05, 0.1) is 16.2 Å². The number of hydrazone groups is 1. The molecule has 144 valence electrons. The first kappa shape index (κ1) is 18.3. The first-order valence-corrected chi connectivity index (χ1v) is 9.04. The second-order valence-corrected chi connectivity index (χ2v) is 6.48. The Labute approximate surface area is 166 Å². The molecule has 0 atom stereocenters. The molecule has 1 aromatic heterocycles. The molecule has 29 heavy (non-hydrogen) atoms. The lowest BCUT2D eigenvalue weighted by Gasteiger charge is -2.15. The number of nitrogens with one attached hydrogen (secondary N) is 2. The number of fused-ring (bicyclic) bond motifs is 3. The highest BCUT2D eigenvalue weighted by atomic mass is 16.6. The number of aromatic nitrogens is 2. The number of aryl methyl sites for hydroxylation is 1. The smallest absolute Gasteiger partial charge is 0.272 e. The van der Waals surface area contributed by atoms with Crippen LogP contribution in [-0.4, -0.2) is 27.2 Å². The van der Waals surface area contributed by atoms with Crippen molar-refractivity contribution in [2.75, 3.05) is 0 Å². The molecule has 8 heteroatoms. The fraction of sp³-hybridized carbons (Fsp3) is 0.0952. The Balaban J connectivity index is 1.44. The minimum Gasteiger partial charge on any atom is -0.272 e. The molecule has 0 fully saturated rings. The van der Waals surface area contributed by atoms with Gasteiger partial charge in [0.25, 0.3) is 11.6 Å². The van der Waals surface area contributed by atoms with Gasteiger partial charge < -0.3 is 0 Å². The van der Waals surface area contributed by atoms with Gasteiger partial charge in [-0.3, -0.25) is 20.0 Å². The van der Waals surface area contributed by atoms with Crippen LogP contribution in [0, 0.1) is 10.1 Å². The Bertz CT molecular complexity index is 1150. The lowest BCUT2D eigenvalue weighted by Crippen LogP contribution is -2.20. The third-order valence-corrected chi connectivity index (χ3v) is 4.75. The summed E-state index contributed by atoms with van der Waals surface area (Å²) in [5.74, 6) is -0.381. The monoisotopic (exact) mass is 387 g/mol. The van der Waals surface area contributed by atoms with Gasteiger partial charge in [0.1, 0.15) is 5.69 Å². The molecular formula is C21H17N5O3. The van der Waals surface area contributed by atoms with E-state index in [4.69, 9.17) is 0 Å². The van der Waals surface area contributed by atoms with Crippen LogP contribution in [0.25, 0.3) is 17.3 Å². The second kappa shape index (κ2) is 7.89. The Kier molecular flexibility index (Phi) is 4.98. The maximum atomic E-state index is 12.5. The maximum absolute atomic E-state index is 12.5. The van der Waals surface area contributed by atoms with E-state index in [0.717, 1.165) is 29.7 Å². The zero-order valence-corrected chi connectivity index (χ0v) is 15.3. The Morgan fingerprint density at radius 1 is 1.17 bits per heavy atom. The molecule has 2 N–H and O–H groups in total.